The van der Waals surface area contributed by atoms with E-state index in [0.717, 1.165) is 0 Å². The fraction of sp³-hybridized carbons (Fsp3) is 0.286. The van der Waals surface area contributed by atoms with Crippen molar-refractivity contribution in [1.82, 2.24) is 4.98 Å². The first kappa shape index (κ1) is 11.4. The van der Waals surface area contributed by atoms with Crippen molar-refractivity contribution in [3.05, 3.63) is 33.4 Å². The lowest BCUT2D eigenvalue weighted by Gasteiger charge is -2.06. The van der Waals surface area contributed by atoms with Crippen LogP contribution in [0.3, 0.4) is 0 Å². The summed E-state index contributed by atoms with van der Waals surface area (Å²) in [5, 5.41) is 19.0. The normalized spacial score (nSPS) is 10.7. The van der Waals surface area contributed by atoms with Gasteiger partial charge in [0.2, 0.25) is 5.82 Å². The number of halogens is 3. The van der Waals surface area contributed by atoms with Gasteiger partial charge in [0.15, 0.2) is 0 Å². The van der Waals surface area contributed by atoms with Crippen LogP contribution in [0.4, 0.5) is 18.9 Å². The van der Waals surface area contributed by atoms with Crippen LogP contribution in [0.1, 0.15) is 17.7 Å². The molecule has 0 spiro atoms. The Hall–Kier alpha value is -1.70. The number of nitro groups is 1. The number of rotatable bonds is 3. The Bertz CT molecular complexity index is 397. The van der Waals surface area contributed by atoms with Gasteiger partial charge in [-0.3, -0.25) is 15.1 Å². The summed E-state index contributed by atoms with van der Waals surface area (Å²) in [5.41, 5.74) is -3.12. The van der Waals surface area contributed by atoms with Gasteiger partial charge in [0.05, 0.1) is 23.4 Å². The van der Waals surface area contributed by atoms with Gasteiger partial charge in [0.1, 0.15) is 5.56 Å². The Morgan fingerprint density at radius 2 is 2.20 bits per heavy atom. The number of hydrogen-bond acceptors (Lipinski definition) is 4. The van der Waals surface area contributed by atoms with Crippen molar-refractivity contribution in [2.45, 2.75) is 13.0 Å². The number of aromatic nitrogens is 1. The molecule has 1 aromatic rings. The van der Waals surface area contributed by atoms with Gasteiger partial charge in [-0.05, 0) is 0 Å². The van der Waals surface area contributed by atoms with E-state index in [1.54, 1.807) is 0 Å². The summed E-state index contributed by atoms with van der Waals surface area (Å²) in [6.45, 7) is -0.916. The molecule has 0 aliphatic rings. The van der Waals surface area contributed by atoms with Crippen LogP contribution in [-0.4, -0.2) is 15.0 Å². The minimum Gasteiger partial charge on any atom is -0.390 e. The summed E-state index contributed by atoms with van der Waals surface area (Å²) in [5.74, 6) is -1.45. The summed E-state index contributed by atoms with van der Waals surface area (Å²) < 4.78 is 37.6. The Labute approximate surface area is 81.3 Å². The van der Waals surface area contributed by atoms with Crippen molar-refractivity contribution in [1.29, 1.82) is 0 Å². The lowest BCUT2D eigenvalue weighted by atomic mass is 10.1. The predicted octanol–water partition coefficient (Wildman–Crippen LogP) is 1.56. The predicted molar refractivity (Wildman–Crippen MR) is 41.7 cm³/mol. The van der Waals surface area contributed by atoms with Gasteiger partial charge in [-0.15, -0.1) is 0 Å². The van der Waals surface area contributed by atoms with Gasteiger partial charge in [-0.25, -0.2) is 8.78 Å². The van der Waals surface area contributed by atoms with E-state index in [2.05, 4.69) is 4.98 Å². The molecule has 0 saturated carbocycles. The zero-order valence-corrected chi connectivity index (χ0v) is 7.15. The van der Waals surface area contributed by atoms with Crippen LogP contribution in [0.5, 0.6) is 0 Å². The molecular weight excluding hydrogens is 217 g/mol. The molecule has 82 valence electrons. The number of alkyl halides is 2. The van der Waals surface area contributed by atoms with Crippen molar-refractivity contribution in [3.63, 3.8) is 0 Å². The molecule has 0 fully saturated rings. The summed E-state index contributed by atoms with van der Waals surface area (Å²) in [7, 11) is 0. The first-order valence-corrected chi connectivity index (χ1v) is 3.69. The highest BCUT2D eigenvalue weighted by atomic mass is 19.3. The first-order chi connectivity index (χ1) is 6.99. The highest BCUT2D eigenvalue weighted by molar-refractivity contribution is 5.44. The van der Waals surface area contributed by atoms with Gasteiger partial charge in [-0.1, -0.05) is 0 Å². The molecule has 1 heterocycles. The molecule has 0 atom stereocenters. The standard InChI is InChI=1S/C7H5F3N2O3/c8-3-1-11-4(2-13)5(7(9)10)6(3)12(14)15/h1,7,13H,2H2. The zero-order valence-electron chi connectivity index (χ0n) is 7.15. The number of aliphatic hydroxyl groups excluding tert-OH is 1. The number of hydrogen-bond donors (Lipinski definition) is 1. The van der Waals surface area contributed by atoms with E-state index in [0.29, 0.717) is 6.20 Å². The minimum atomic E-state index is -3.27. The van der Waals surface area contributed by atoms with E-state index in [1.165, 1.54) is 0 Å². The number of pyridine rings is 1. The van der Waals surface area contributed by atoms with Crippen molar-refractivity contribution >= 4 is 5.69 Å². The quantitative estimate of drug-likeness (QED) is 0.621. The first-order valence-electron chi connectivity index (χ1n) is 3.69. The van der Waals surface area contributed by atoms with Crippen LogP contribution in [0.15, 0.2) is 6.20 Å². The fourth-order valence-corrected chi connectivity index (χ4v) is 1.07. The van der Waals surface area contributed by atoms with Crippen molar-refractivity contribution in [3.8, 4) is 0 Å². The molecule has 0 aliphatic heterocycles. The second-order valence-electron chi connectivity index (χ2n) is 2.53. The highest BCUT2D eigenvalue weighted by Gasteiger charge is 2.30. The van der Waals surface area contributed by atoms with E-state index in [4.69, 9.17) is 5.11 Å². The molecule has 8 heteroatoms. The minimum absolute atomic E-state index is 0.426. The van der Waals surface area contributed by atoms with Crippen LogP contribution in [-0.2, 0) is 6.61 Å². The largest absolute Gasteiger partial charge is 0.390 e. The molecule has 1 N–H and O–H groups in total. The monoisotopic (exact) mass is 222 g/mol. The molecule has 0 saturated heterocycles. The maximum absolute atomic E-state index is 12.9. The average molecular weight is 222 g/mol. The van der Waals surface area contributed by atoms with Crippen LogP contribution in [0, 0.1) is 15.9 Å². The average Bonchev–Trinajstić information content (AvgIpc) is 2.16. The van der Waals surface area contributed by atoms with Crippen LogP contribution >= 0.6 is 0 Å². The number of aliphatic hydroxyl groups is 1. The molecule has 5 nitrogen and oxygen atoms in total. The zero-order chi connectivity index (χ0) is 11.6. The van der Waals surface area contributed by atoms with Gasteiger partial charge in [0, 0.05) is 0 Å². The Morgan fingerprint density at radius 1 is 1.60 bits per heavy atom. The molecule has 0 aliphatic carbocycles. The van der Waals surface area contributed by atoms with E-state index < -0.39 is 40.7 Å². The lowest BCUT2D eigenvalue weighted by Crippen LogP contribution is -2.06. The van der Waals surface area contributed by atoms with E-state index >= 15 is 0 Å². The third kappa shape index (κ3) is 2.04. The van der Waals surface area contributed by atoms with E-state index in [-0.39, 0.29) is 0 Å². The van der Waals surface area contributed by atoms with Crippen LogP contribution in [0.2, 0.25) is 0 Å². The summed E-state index contributed by atoms with van der Waals surface area (Å²) in [4.78, 5) is 12.2. The van der Waals surface area contributed by atoms with Crippen LogP contribution in [0.25, 0.3) is 0 Å². The second kappa shape index (κ2) is 4.22. The summed E-state index contributed by atoms with van der Waals surface area (Å²) in [6.07, 6.45) is -2.84. The smallest absolute Gasteiger partial charge is 0.317 e. The molecular formula is C7H5F3N2O3. The summed E-state index contributed by atoms with van der Waals surface area (Å²) >= 11 is 0. The Kier molecular flexibility index (Phi) is 3.20. The SMILES string of the molecule is O=[N+]([O-])c1c(F)cnc(CO)c1C(F)F. The van der Waals surface area contributed by atoms with Gasteiger partial charge in [0.25, 0.3) is 6.43 Å². The third-order valence-corrected chi connectivity index (χ3v) is 1.68. The van der Waals surface area contributed by atoms with Gasteiger partial charge < -0.3 is 5.11 Å². The molecule has 1 aromatic heterocycles. The number of nitrogens with zero attached hydrogens (tertiary/aromatic N) is 2. The molecule has 0 radical (unpaired) electrons. The second-order valence-corrected chi connectivity index (χ2v) is 2.53. The molecule has 0 bridgehead atoms. The third-order valence-electron chi connectivity index (χ3n) is 1.68. The summed E-state index contributed by atoms with van der Waals surface area (Å²) in [6, 6.07) is 0. The molecule has 0 unspecified atom stereocenters. The molecule has 0 amide bonds. The Morgan fingerprint density at radius 3 is 2.60 bits per heavy atom. The fourth-order valence-electron chi connectivity index (χ4n) is 1.07. The van der Waals surface area contributed by atoms with Gasteiger partial charge in [-0.2, -0.15) is 4.39 Å². The van der Waals surface area contributed by atoms with Crippen molar-refractivity contribution in [2.75, 3.05) is 0 Å². The van der Waals surface area contributed by atoms with E-state index in [1.807, 2.05) is 0 Å². The highest BCUT2D eigenvalue weighted by Crippen LogP contribution is 2.32. The van der Waals surface area contributed by atoms with Crippen molar-refractivity contribution < 1.29 is 23.2 Å². The molecule has 15 heavy (non-hydrogen) atoms. The molecule has 0 aromatic carbocycles. The van der Waals surface area contributed by atoms with E-state index in [9.17, 15) is 23.3 Å². The van der Waals surface area contributed by atoms with Gasteiger partial charge >= 0.3 is 5.69 Å². The van der Waals surface area contributed by atoms with Crippen molar-refractivity contribution in [2.24, 2.45) is 0 Å². The topological polar surface area (TPSA) is 76.3 Å². The molecule has 1 rings (SSSR count). The maximum Gasteiger partial charge on any atom is 0.317 e. The lowest BCUT2D eigenvalue weighted by molar-refractivity contribution is -0.389. The maximum atomic E-state index is 12.9. The Balaban J connectivity index is 3.51. The van der Waals surface area contributed by atoms with Crippen LogP contribution < -0.4 is 0 Å².